The molecule has 0 atom stereocenters. The van der Waals surface area contributed by atoms with E-state index in [9.17, 15) is 9.59 Å². The number of nitrogens with zero attached hydrogens (tertiary/aromatic N) is 2. The van der Waals surface area contributed by atoms with Gasteiger partial charge in [-0.25, -0.2) is 9.36 Å². The van der Waals surface area contributed by atoms with E-state index in [0.717, 1.165) is 22.3 Å². The third-order valence-electron chi connectivity index (χ3n) is 6.76. The summed E-state index contributed by atoms with van der Waals surface area (Å²) in [6.07, 6.45) is 0. The van der Waals surface area contributed by atoms with Gasteiger partial charge in [-0.2, -0.15) is 0 Å². The minimum absolute atomic E-state index is 0.380. The summed E-state index contributed by atoms with van der Waals surface area (Å²) >= 11 is 0. The normalized spacial score (nSPS) is 11.7. The van der Waals surface area contributed by atoms with Crippen LogP contribution >= 0.6 is 0 Å². The molecule has 2 heterocycles. The highest BCUT2D eigenvalue weighted by Crippen LogP contribution is 2.42. The molecule has 0 spiro atoms. The topological polar surface area (TPSA) is 53.2 Å². The Balaban J connectivity index is 1.58. The van der Waals surface area contributed by atoms with E-state index in [0.29, 0.717) is 33.8 Å². The number of hydrogen-bond acceptors (Lipinski definition) is 3. The zero-order valence-corrected chi connectivity index (χ0v) is 19.7. The zero-order valence-electron chi connectivity index (χ0n) is 19.7. The number of rotatable bonds is 3. The fourth-order valence-corrected chi connectivity index (χ4v) is 5.02. The molecule has 5 aromatic carbocycles. The van der Waals surface area contributed by atoms with Crippen LogP contribution in [0.5, 0.6) is 11.5 Å². The van der Waals surface area contributed by atoms with Crippen LogP contribution in [0.4, 0.5) is 0 Å². The molecule has 0 bridgehead atoms. The van der Waals surface area contributed by atoms with E-state index >= 15 is 0 Å². The summed E-state index contributed by atoms with van der Waals surface area (Å²) in [4.78, 5) is 27.8. The molecule has 1 aliphatic rings. The summed E-state index contributed by atoms with van der Waals surface area (Å²) < 4.78 is 9.26. The van der Waals surface area contributed by atoms with E-state index in [1.165, 1.54) is 4.57 Å². The first-order valence-corrected chi connectivity index (χ1v) is 12.0. The first-order chi connectivity index (χ1) is 18.2. The van der Waals surface area contributed by atoms with Crippen LogP contribution in [0.2, 0.25) is 0 Å². The van der Waals surface area contributed by atoms with Gasteiger partial charge in [0.2, 0.25) is 0 Å². The van der Waals surface area contributed by atoms with Crippen LogP contribution in [0.25, 0.3) is 44.5 Å². The number of para-hydroxylation sites is 1. The molecule has 0 radical (unpaired) electrons. The molecule has 0 fully saturated rings. The lowest BCUT2D eigenvalue weighted by Crippen LogP contribution is -2.39. The molecule has 0 unspecified atom stereocenters. The van der Waals surface area contributed by atoms with Gasteiger partial charge in [0.25, 0.3) is 5.56 Å². The Morgan fingerprint density at radius 2 is 1.11 bits per heavy atom. The number of fused-ring (bicyclic) bond motifs is 2. The van der Waals surface area contributed by atoms with Crippen LogP contribution in [-0.4, -0.2) is 9.13 Å². The van der Waals surface area contributed by atoms with Crippen molar-refractivity contribution in [3.63, 3.8) is 0 Å². The molecule has 0 amide bonds. The summed E-state index contributed by atoms with van der Waals surface area (Å²) in [7, 11) is 0. The Hall–Kier alpha value is -5.16. The van der Waals surface area contributed by atoms with Crippen LogP contribution < -0.4 is 16.0 Å². The predicted molar refractivity (Wildman–Crippen MR) is 146 cm³/mol. The zero-order chi connectivity index (χ0) is 24.9. The SMILES string of the molecule is O=c1c2cc(-c3ccccc3)cc3c2n(c(=O)n1-c1ccccc1)-c1ccc(-c2ccccc2)cc1O3. The van der Waals surface area contributed by atoms with E-state index in [4.69, 9.17) is 4.74 Å². The summed E-state index contributed by atoms with van der Waals surface area (Å²) in [6, 6.07) is 38.4. The van der Waals surface area contributed by atoms with Crippen molar-refractivity contribution in [3.05, 3.63) is 142 Å². The molecule has 5 heteroatoms. The number of benzene rings is 5. The van der Waals surface area contributed by atoms with Crippen molar-refractivity contribution in [1.29, 1.82) is 0 Å². The Kier molecular flexibility index (Phi) is 4.69. The van der Waals surface area contributed by atoms with Gasteiger partial charge in [0.1, 0.15) is 5.52 Å². The molecule has 37 heavy (non-hydrogen) atoms. The lowest BCUT2D eigenvalue weighted by molar-refractivity contribution is 0.472. The Morgan fingerprint density at radius 1 is 0.514 bits per heavy atom. The molecule has 0 saturated carbocycles. The Bertz CT molecular complexity index is 1920. The monoisotopic (exact) mass is 480 g/mol. The van der Waals surface area contributed by atoms with Crippen LogP contribution in [0, 0.1) is 0 Å². The molecular formula is C32H20N2O3. The van der Waals surface area contributed by atoms with Crippen molar-refractivity contribution in [2.45, 2.75) is 0 Å². The molecule has 0 saturated heterocycles. The van der Waals surface area contributed by atoms with Crippen molar-refractivity contribution >= 4 is 10.9 Å². The summed E-state index contributed by atoms with van der Waals surface area (Å²) in [5.41, 5.74) is 4.59. The highest BCUT2D eigenvalue weighted by atomic mass is 16.5. The van der Waals surface area contributed by atoms with Crippen molar-refractivity contribution in [1.82, 2.24) is 9.13 Å². The molecule has 7 rings (SSSR count). The third-order valence-corrected chi connectivity index (χ3v) is 6.76. The molecule has 176 valence electrons. The highest BCUT2D eigenvalue weighted by molar-refractivity contribution is 5.93. The maximum Gasteiger partial charge on any atom is 0.341 e. The van der Waals surface area contributed by atoms with Gasteiger partial charge in [0, 0.05) is 0 Å². The Labute approximate surface area is 212 Å². The fraction of sp³-hybridized carbons (Fsp3) is 0. The van der Waals surface area contributed by atoms with Crippen LogP contribution in [0.3, 0.4) is 0 Å². The van der Waals surface area contributed by atoms with Gasteiger partial charge in [0.15, 0.2) is 11.5 Å². The van der Waals surface area contributed by atoms with Crippen molar-refractivity contribution in [2.24, 2.45) is 0 Å². The lowest BCUT2D eigenvalue weighted by atomic mass is 10.0. The maximum atomic E-state index is 14.0. The molecule has 0 N–H and O–H groups in total. The molecule has 1 aliphatic heterocycles. The second-order valence-corrected chi connectivity index (χ2v) is 8.98. The average molecular weight is 481 g/mol. The summed E-state index contributed by atoms with van der Waals surface area (Å²) in [5, 5.41) is 0.414. The third kappa shape index (κ3) is 3.32. The van der Waals surface area contributed by atoms with Crippen molar-refractivity contribution < 1.29 is 4.74 Å². The number of ether oxygens (including phenoxy) is 1. The van der Waals surface area contributed by atoms with E-state index in [1.807, 2.05) is 109 Å². The van der Waals surface area contributed by atoms with Crippen LogP contribution in [-0.2, 0) is 0 Å². The molecule has 5 nitrogen and oxygen atoms in total. The fourth-order valence-electron chi connectivity index (χ4n) is 5.02. The van der Waals surface area contributed by atoms with Gasteiger partial charge in [-0.3, -0.25) is 9.36 Å². The van der Waals surface area contributed by atoms with Crippen LogP contribution in [0.1, 0.15) is 0 Å². The molecule has 6 aromatic rings. The van der Waals surface area contributed by atoms with E-state index in [-0.39, 0.29) is 5.56 Å². The smallest absolute Gasteiger partial charge is 0.341 e. The Morgan fingerprint density at radius 3 is 1.78 bits per heavy atom. The first-order valence-electron chi connectivity index (χ1n) is 12.0. The average Bonchev–Trinajstić information content (AvgIpc) is 2.96. The number of aromatic nitrogens is 2. The molecular weight excluding hydrogens is 460 g/mol. The predicted octanol–water partition coefficient (Wildman–Crippen LogP) is 6.58. The summed E-state index contributed by atoms with van der Waals surface area (Å²) in [6.45, 7) is 0. The summed E-state index contributed by atoms with van der Waals surface area (Å²) in [5.74, 6) is 1.03. The standard InChI is InChI=1S/C32H20N2O3/c35-31-26-18-24(22-12-6-2-7-13-22)20-29-30(26)34(32(36)33(31)25-14-8-3-9-15-25)27-17-16-23(19-28(27)37-29)21-10-4-1-5-11-21/h1-20H. The van der Waals surface area contributed by atoms with Gasteiger partial charge < -0.3 is 4.74 Å². The minimum atomic E-state index is -0.436. The second kappa shape index (κ2) is 8.21. The van der Waals surface area contributed by atoms with Gasteiger partial charge in [-0.1, -0.05) is 84.9 Å². The van der Waals surface area contributed by atoms with Crippen molar-refractivity contribution in [3.8, 4) is 45.1 Å². The van der Waals surface area contributed by atoms with E-state index in [2.05, 4.69) is 0 Å². The van der Waals surface area contributed by atoms with Gasteiger partial charge >= 0.3 is 5.69 Å². The van der Waals surface area contributed by atoms with Gasteiger partial charge in [0.05, 0.1) is 16.8 Å². The molecule has 0 aliphatic carbocycles. The molecule has 1 aromatic heterocycles. The van der Waals surface area contributed by atoms with Gasteiger partial charge in [-0.15, -0.1) is 0 Å². The quantitative estimate of drug-likeness (QED) is 0.287. The van der Waals surface area contributed by atoms with E-state index < -0.39 is 5.69 Å². The first kappa shape index (κ1) is 21.1. The maximum absolute atomic E-state index is 14.0. The second-order valence-electron chi connectivity index (χ2n) is 8.98. The van der Waals surface area contributed by atoms with Gasteiger partial charge in [-0.05, 0) is 58.7 Å². The largest absolute Gasteiger partial charge is 0.453 e. The van der Waals surface area contributed by atoms with E-state index in [1.54, 1.807) is 16.7 Å². The lowest BCUT2D eigenvalue weighted by Gasteiger charge is -2.25. The minimum Gasteiger partial charge on any atom is -0.453 e. The van der Waals surface area contributed by atoms with Crippen molar-refractivity contribution in [2.75, 3.05) is 0 Å². The van der Waals surface area contributed by atoms with Crippen LogP contribution in [0.15, 0.2) is 131 Å². The highest BCUT2D eigenvalue weighted by Gasteiger charge is 2.26. The number of hydrogen-bond donors (Lipinski definition) is 0.